The summed E-state index contributed by atoms with van der Waals surface area (Å²) in [6.45, 7) is 2.33. The number of benzene rings is 2. The van der Waals surface area contributed by atoms with E-state index in [-0.39, 0.29) is 12.1 Å². The highest BCUT2D eigenvalue weighted by atomic mass is 79.9. The molecular formula is C22H26BrNO7. The molecule has 0 saturated carbocycles. The maximum Gasteiger partial charge on any atom is 0.338 e. The second kappa shape index (κ2) is 12.0. The summed E-state index contributed by atoms with van der Waals surface area (Å²) < 4.78 is 27.1. The van der Waals surface area contributed by atoms with Crippen molar-refractivity contribution in [2.45, 2.75) is 19.9 Å². The average molecular weight is 496 g/mol. The van der Waals surface area contributed by atoms with E-state index in [4.69, 9.17) is 23.7 Å². The molecule has 0 aliphatic heterocycles. The van der Waals surface area contributed by atoms with Gasteiger partial charge in [-0.15, -0.1) is 0 Å². The monoisotopic (exact) mass is 495 g/mol. The number of methoxy groups -OCH3 is 3. The average Bonchev–Trinajstić information content (AvgIpc) is 2.79. The number of amides is 1. The van der Waals surface area contributed by atoms with Crippen molar-refractivity contribution in [1.29, 1.82) is 0 Å². The van der Waals surface area contributed by atoms with Crippen LogP contribution in [0, 0.1) is 0 Å². The van der Waals surface area contributed by atoms with Crippen molar-refractivity contribution in [2.24, 2.45) is 0 Å². The molecule has 0 radical (unpaired) electrons. The van der Waals surface area contributed by atoms with Gasteiger partial charge in [0, 0.05) is 6.54 Å². The van der Waals surface area contributed by atoms with Gasteiger partial charge in [0.2, 0.25) is 0 Å². The molecule has 0 aliphatic rings. The first-order valence-corrected chi connectivity index (χ1v) is 10.4. The molecule has 2 aromatic rings. The van der Waals surface area contributed by atoms with Gasteiger partial charge in [0.25, 0.3) is 5.91 Å². The highest BCUT2D eigenvalue weighted by Crippen LogP contribution is 2.37. The summed E-state index contributed by atoms with van der Waals surface area (Å²) in [6.07, 6.45) is 0.831. The Balaban J connectivity index is 1.93. The highest BCUT2D eigenvalue weighted by Gasteiger charge is 2.17. The van der Waals surface area contributed by atoms with Crippen molar-refractivity contribution in [3.8, 4) is 23.0 Å². The summed E-state index contributed by atoms with van der Waals surface area (Å²) in [5, 5.41) is 2.69. The molecule has 0 spiro atoms. The minimum Gasteiger partial charge on any atom is -0.493 e. The zero-order chi connectivity index (χ0) is 22.8. The van der Waals surface area contributed by atoms with E-state index >= 15 is 0 Å². The maximum atomic E-state index is 12.4. The van der Waals surface area contributed by atoms with Crippen LogP contribution >= 0.6 is 15.9 Å². The predicted molar refractivity (Wildman–Crippen MR) is 118 cm³/mol. The number of hydrogen-bond acceptors (Lipinski definition) is 7. The highest BCUT2D eigenvalue weighted by molar-refractivity contribution is 9.10. The fourth-order valence-corrected chi connectivity index (χ4v) is 3.20. The molecule has 0 heterocycles. The minimum absolute atomic E-state index is 0.236. The van der Waals surface area contributed by atoms with E-state index in [0.29, 0.717) is 34.1 Å². The number of halogens is 1. The number of esters is 1. The summed E-state index contributed by atoms with van der Waals surface area (Å²) in [4.78, 5) is 24.5. The zero-order valence-corrected chi connectivity index (χ0v) is 19.5. The van der Waals surface area contributed by atoms with Crippen molar-refractivity contribution >= 4 is 27.8 Å². The smallest absolute Gasteiger partial charge is 0.338 e. The summed E-state index contributed by atoms with van der Waals surface area (Å²) in [5.74, 6) is 0.978. The zero-order valence-electron chi connectivity index (χ0n) is 18.0. The largest absolute Gasteiger partial charge is 0.493 e. The molecule has 0 unspecified atom stereocenters. The van der Waals surface area contributed by atoms with Crippen LogP contribution in [-0.2, 0) is 16.1 Å². The van der Waals surface area contributed by atoms with E-state index in [1.807, 2.05) is 6.92 Å². The van der Waals surface area contributed by atoms with Crippen LogP contribution in [-0.4, -0.2) is 46.4 Å². The first kappa shape index (κ1) is 24.3. The normalized spacial score (nSPS) is 10.2. The van der Waals surface area contributed by atoms with Gasteiger partial charge in [-0.05, 0) is 52.2 Å². The first-order valence-electron chi connectivity index (χ1n) is 9.58. The van der Waals surface area contributed by atoms with Crippen LogP contribution in [0.5, 0.6) is 23.0 Å². The van der Waals surface area contributed by atoms with Crippen molar-refractivity contribution in [3.63, 3.8) is 0 Å². The van der Waals surface area contributed by atoms with Crippen LogP contribution in [0.15, 0.2) is 34.8 Å². The third-order valence-electron chi connectivity index (χ3n) is 4.19. The number of carbonyl (C=O) groups excluding carboxylic acids is 2. The lowest BCUT2D eigenvalue weighted by Crippen LogP contribution is -2.28. The van der Waals surface area contributed by atoms with Gasteiger partial charge < -0.3 is 29.0 Å². The van der Waals surface area contributed by atoms with Gasteiger partial charge >= 0.3 is 5.97 Å². The van der Waals surface area contributed by atoms with Gasteiger partial charge in [0.1, 0.15) is 0 Å². The summed E-state index contributed by atoms with van der Waals surface area (Å²) >= 11 is 3.38. The van der Waals surface area contributed by atoms with Crippen LogP contribution in [0.3, 0.4) is 0 Å². The Hall–Kier alpha value is -2.94. The summed E-state index contributed by atoms with van der Waals surface area (Å²) in [6, 6.07) is 8.40. The van der Waals surface area contributed by atoms with Gasteiger partial charge in [-0.2, -0.15) is 0 Å². The Bertz CT molecular complexity index is 917. The molecule has 2 aromatic carbocycles. The second-order valence-electron chi connectivity index (χ2n) is 6.38. The minimum atomic E-state index is -0.651. The van der Waals surface area contributed by atoms with Crippen LogP contribution in [0.4, 0.5) is 0 Å². The van der Waals surface area contributed by atoms with Crippen LogP contribution in [0.25, 0.3) is 0 Å². The Kier molecular flexibility index (Phi) is 9.45. The van der Waals surface area contributed by atoms with E-state index in [0.717, 1.165) is 12.0 Å². The summed E-state index contributed by atoms with van der Waals surface area (Å²) in [5.41, 5.74) is 1.05. The van der Waals surface area contributed by atoms with Gasteiger partial charge in [-0.1, -0.05) is 13.0 Å². The molecule has 0 aromatic heterocycles. The Morgan fingerprint density at radius 3 is 2.32 bits per heavy atom. The van der Waals surface area contributed by atoms with E-state index in [9.17, 15) is 9.59 Å². The molecule has 1 N–H and O–H groups in total. The molecule has 8 nitrogen and oxygen atoms in total. The number of ether oxygens (including phenoxy) is 5. The quantitative estimate of drug-likeness (QED) is 0.474. The molecule has 0 fully saturated rings. The lowest BCUT2D eigenvalue weighted by atomic mass is 10.2. The van der Waals surface area contributed by atoms with Crippen LogP contribution in [0.1, 0.15) is 29.3 Å². The third-order valence-corrected chi connectivity index (χ3v) is 4.78. The molecule has 1 amide bonds. The fraction of sp³-hybridized carbons (Fsp3) is 0.364. The van der Waals surface area contributed by atoms with E-state index < -0.39 is 18.5 Å². The van der Waals surface area contributed by atoms with E-state index in [1.54, 1.807) is 31.4 Å². The van der Waals surface area contributed by atoms with Crippen LogP contribution < -0.4 is 24.3 Å². The second-order valence-corrected chi connectivity index (χ2v) is 7.23. The maximum absolute atomic E-state index is 12.4. The summed E-state index contributed by atoms with van der Waals surface area (Å²) in [7, 11) is 4.57. The molecule has 0 atom stereocenters. The Labute approximate surface area is 189 Å². The lowest BCUT2D eigenvalue weighted by molar-refractivity contribution is -0.124. The topological polar surface area (TPSA) is 92.3 Å². The number of rotatable bonds is 11. The Morgan fingerprint density at radius 1 is 0.968 bits per heavy atom. The van der Waals surface area contributed by atoms with Crippen molar-refractivity contribution in [2.75, 3.05) is 34.5 Å². The molecular weight excluding hydrogens is 470 g/mol. The van der Waals surface area contributed by atoms with Gasteiger partial charge in [-0.3, -0.25) is 4.79 Å². The molecule has 9 heteroatoms. The molecule has 168 valence electrons. The van der Waals surface area contributed by atoms with Crippen LogP contribution in [0.2, 0.25) is 0 Å². The van der Waals surface area contributed by atoms with Gasteiger partial charge in [-0.25, -0.2) is 4.79 Å². The number of hydrogen-bond donors (Lipinski definition) is 1. The number of carbonyl (C=O) groups is 2. The van der Waals surface area contributed by atoms with E-state index in [1.165, 1.54) is 20.3 Å². The SMILES string of the molecule is CCCOc1c(Br)cc(C(=O)OCC(=O)NCc2ccc(OC)c(OC)c2)cc1OC. The Morgan fingerprint density at radius 2 is 1.68 bits per heavy atom. The van der Waals surface area contributed by atoms with E-state index in [2.05, 4.69) is 21.2 Å². The van der Waals surface area contributed by atoms with Crippen molar-refractivity contribution < 1.29 is 33.3 Å². The number of nitrogens with one attached hydrogen (secondary N) is 1. The van der Waals surface area contributed by atoms with Crippen molar-refractivity contribution in [1.82, 2.24) is 5.32 Å². The lowest BCUT2D eigenvalue weighted by Gasteiger charge is -2.14. The standard InChI is InChI=1S/C22H26BrNO7/c1-5-8-30-21-16(23)10-15(11-19(21)29-4)22(26)31-13-20(25)24-12-14-6-7-17(27-2)18(9-14)28-3/h6-7,9-11H,5,8,12-13H2,1-4H3,(H,24,25). The molecule has 0 aliphatic carbocycles. The van der Waals surface area contributed by atoms with Gasteiger partial charge in [0.15, 0.2) is 29.6 Å². The predicted octanol–water partition coefficient (Wildman–Crippen LogP) is 3.74. The molecule has 31 heavy (non-hydrogen) atoms. The fourth-order valence-electron chi connectivity index (χ4n) is 2.64. The molecule has 0 bridgehead atoms. The third kappa shape index (κ3) is 6.78. The first-order chi connectivity index (χ1) is 14.9. The van der Waals surface area contributed by atoms with Gasteiger partial charge in [0.05, 0.1) is 38.0 Å². The molecule has 2 rings (SSSR count). The molecule has 0 saturated heterocycles. The van der Waals surface area contributed by atoms with Crippen molar-refractivity contribution in [3.05, 3.63) is 45.9 Å².